The average Bonchev–Trinajstić information content (AvgIpc) is 3.44. The molecule has 0 radical (unpaired) electrons. The standard InChI is InChI=1S/C19H24N4O4/c20-15(24)13-2-1-7-21-16(13)22-8-5-19(6-9-22)10-14(18(26)27)23(11-19)17(25)12-3-4-12/h1-2,7,12,14H,3-6,8-11H2,(H2,20,24)(H,26,27)/t14-/m1/s1. The molecule has 1 atom stereocenters. The van der Waals surface area contributed by atoms with Crippen molar-refractivity contribution in [1.29, 1.82) is 0 Å². The van der Waals surface area contributed by atoms with Crippen molar-refractivity contribution in [2.75, 3.05) is 24.5 Å². The molecule has 2 amide bonds. The first-order valence-electron chi connectivity index (χ1n) is 9.43. The molecule has 3 heterocycles. The summed E-state index contributed by atoms with van der Waals surface area (Å²) < 4.78 is 0. The van der Waals surface area contributed by atoms with Gasteiger partial charge in [-0.05, 0) is 49.7 Å². The van der Waals surface area contributed by atoms with Crippen LogP contribution in [0.2, 0.25) is 0 Å². The molecule has 2 aliphatic heterocycles. The number of carboxylic acid groups (broad SMARTS) is 1. The van der Waals surface area contributed by atoms with Crippen molar-refractivity contribution >= 4 is 23.6 Å². The number of carbonyl (C=O) groups is 3. The fourth-order valence-corrected chi connectivity index (χ4v) is 4.47. The molecular weight excluding hydrogens is 348 g/mol. The van der Waals surface area contributed by atoms with Crippen LogP contribution in [0.25, 0.3) is 0 Å². The molecule has 1 aliphatic carbocycles. The Morgan fingerprint density at radius 1 is 1.22 bits per heavy atom. The third-order valence-electron chi connectivity index (χ3n) is 6.18. The second-order valence-electron chi connectivity index (χ2n) is 8.02. The third-order valence-corrected chi connectivity index (χ3v) is 6.18. The highest BCUT2D eigenvalue weighted by atomic mass is 16.4. The van der Waals surface area contributed by atoms with Gasteiger partial charge in [0, 0.05) is 31.7 Å². The summed E-state index contributed by atoms with van der Waals surface area (Å²) in [7, 11) is 0. The first-order chi connectivity index (χ1) is 12.9. The highest BCUT2D eigenvalue weighted by molar-refractivity contribution is 5.97. The Hall–Kier alpha value is -2.64. The summed E-state index contributed by atoms with van der Waals surface area (Å²) >= 11 is 0. The van der Waals surface area contributed by atoms with E-state index in [1.54, 1.807) is 23.2 Å². The summed E-state index contributed by atoms with van der Waals surface area (Å²) in [5, 5.41) is 9.61. The normalized spacial score (nSPS) is 24.2. The van der Waals surface area contributed by atoms with Gasteiger partial charge in [-0.15, -0.1) is 0 Å². The van der Waals surface area contributed by atoms with E-state index in [2.05, 4.69) is 4.98 Å². The lowest BCUT2D eigenvalue weighted by Gasteiger charge is -2.40. The Kier molecular flexibility index (Phi) is 4.28. The highest BCUT2D eigenvalue weighted by Crippen LogP contribution is 2.46. The van der Waals surface area contributed by atoms with Crippen molar-refractivity contribution in [3.8, 4) is 0 Å². The zero-order valence-electron chi connectivity index (χ0n) is 15.1. The van der Waals surface area contributed by atoms with Gasteiger partial charge in [0.15, 0.2) is 0 Å². The van der Waals surface area contributed by atoms with Crippen LogP contribution in [-0.2, 0) is 9.59 Å². The van der Waals surface area contributed by atoms with E-state index in [-0.39, 0.29) is 17.2 Å². The number of amides is 2. The number of anilines is 1. The van der Waals surface area contributed by atoms with Crippen molar-refractivity contribution in [1.82, 2.24) is 9.88 Å². The van der Waals surface area contributed by atoms with E-state index >= 15 is 0 Å². The van der Waals surface area contributed by atoms with Crippen LogP contribution in [0, 0.1) is 11.3 Å². The van der Waals surface area contributed by atoms with Gasteiger partial charge >= 0.3 is 5.97 Å². The smallest absolute Gasteiger partial charge is 0.326 e. The number of carboxylic acids is 1. The van der Waals surface area contributed by atoms with Crippen molar-refractivity contribution in [3.63, 3.8) is 0 Å². The zero-order chi connectivity index (χ0) is 19.2. The molecular formula is C19H24N4O4. The summed E-state index contributed by atoms with van der Waals surface area (Å²) in [6.07, 6.45) is 5.41. The average molecular weight is 372 g/mol. The number of piperidine rings is 1. The van der Waals surface area contributed by atoms with Gasteiger partial charge < -0.3 is 20.6 Å². The minimum Gasteiger partial charge on any atom is -0.480 e. The van der Waals surface area contributed by atoms with Crippen molar-refractivity contribution in [3.05, 3.63) is 23.9 Å². The summed E-state index contributed by atoms with van der Waals surface area (Å²) in [6.45, 7) is 1.84. The second kappa shape index (κ2) is 6.51. The van der Waals surface area contributed by atoms with E-state index in [4.69, 9.17) is 5.73 Å². The molecule has 3 aliphatic rings. The van der Waals surface area contributed by atoms with Crippen molar-refractivity contribution < 1.29 is 19.5 Å². The first kappa shape index (κ1) is 17.8. The molecule has 0 aromatic carbocycles. The monoisotopic (exact) mass is 372 g/mol. The topological polar surface area (TPSA) is 117 Å². The van der Waals surface area contributed by atoms with Crippen LogP contribution in [0.3, 0.4) is 0 Å². The zero-order valence-corrected chi connectivity index (χ0v) is 15.1. The maximum absolute atomic E-state index is 12.5. The van der Waals surface area contributed by atoms with Crippen molar-refractivity contribution in [2.45, 2.75) is 38.1 Å². The van der Waals surface area contributed by atoms with Crippen LogP contribution in [-0.4, -0.2) is 58.5 Å². The molecule has 8 heteroatoms. The lowest BCUT2D eigenvalue weighted by atomic mass is 9.76. The Morgan fingerprint density at radius 3 is 2.52 bits per heavy atom. The molecule has 8 nitrogen and oxygen atoms in total. The van der Waals surface area contributed by atoms with Gasteiger partial charge in [0.1, 0.15) is 11.9 Å². The molecule has 1 aromatic heterocycles. The number of pyridine rings is 1. The van der Waals surface area contributed by atoms with Crippen LogP contribution < -0.4 is 10.6 Å². The lowest BCUT2D eigenvalue weighted by Crippen LogP contribution is -2.44. The maximum atomic E-state index is 12.5. The number of nitrogens with two attached hydrogens (primary N) is 1. The molecule has 0 bridgehead atoms. The second-order valence-corrected chi connectivity index (χ2v) is 8.02. The van der Waals surface area contributed by atoms with E-state index in [9.17, 15) is 19.5 Å². The van der Waals surface area contributed by atoms with Gasteiger partial charge in [0.2, 0.25) is 5.91 Å². The van der Waals surface area contributed by atoms with Crippen LogP contribution in [0.1, 0.15) is 42.5 Å². The van der Waals surface area contributed by atoms with E-state index < -0.39 is 17.9 Å². The molecule has 3 fully saturated rings. The minimum absolute atomic E-state index is 0.00226. The summed E-state index contributed by atoms with van der Waals surface area (Å²) in [5.41, 5.74) is 5.68. The Morgan fingerprint density at radius 2 is 1.93 bits per heavy atom. The molecule has 2 saturated heterocycles. The largest absolute Gasteiger partial charge is 0.480 e. The number of rotatable bonds is 4. The Bertz CT molecular complexity index is 784. The van der Waals surface area contributed by atoms with Crippen molar-refractivity contribution in [2.24, 2.45) is 17.1 Å². The van der Waals surface area contributed by atoms with E-state index in [0.29, 0.717) is 37.4 Å². The first-order valence-corrected chi connectivity index (χ1v) is 9.43. The predicted octanol–water partition coefficient (Wildman–Crippen LogP) is 0.863. The quantitative estimate of drug-likeness (QED) is 0.810. The van der Waals surface area contributed by atoms with Gasteiger partial charge in [-0.3, -0.25) is 9.59 Å². The van der Waals surface area contributed by atoms with Gasteiger partial charge in [0.25, 0.3) is 5.91 Å². The highest BCUT2D eigenvalue weighted by Gasteiger charge is 2.51. The molecule has 1 saturated carbocycles. The van der Waals surface area contributed by atoms with E-state index in [1.165, 1.54) is 0 Å². The number of likely N-dealkylation sites (tertiary alicyclic amines) is 1. The predicted molar refractivity (Wildman–Crippen MR) is 97.1 cm³/mol. The number of hydrogen-bond donors (Lipinski definition) is 2. The molecule has 4 rings (SSSR count). The minimum atomic E-state index is -0.913. The fourth-order valence-electron chi connectivity index (χ4n) is 4.47. The van der Waals surface area contributed by atoms with Gasteiger partial charge in [-0.25, -0.2) is 9.78 Å². The number of nitrogens with zero attached hydrogens (tertiary/aromatic N) is 3. The van der Waals surface area contributed by atoms with Gasteiger partial charge in [-0.1, -0.05) is 0 Å². The van der Waals surface area contributed by atoms with Crippen LogP contribution in [0.4, 0.5) is 5.82 Å². The number of hydrogen-bond acceptors (Lipinski definition) is 5. The summed E-state index contributed by atoms with van der Waals surface area (Å²) in [4.78, 5) is 43.9. The lowest BCUT2D eigenvalue weighted by molar-refractivity contribution is -0.148. The Labute approximate surface area is 157 Å². The van der Waals surface area contributed by atoms with Crippen LogP contribution in [0.15, 0.2) is 18.3 Å². The summed E-state index contributed by atoms with van der Waals surface area (Å²) in [6, 6.07) is 2.63. The maximum Gasteiger partial charge on any atom is 0.326 e. The number of carbonyl (C=O) groups excluding carboxylic acids is 2. The molecule has 0 unspecified atom stereocenters. The molecule has 3 N–H and O–H groups in total. The summed E-state index contributed by atoms with van der Waals surface area (Å²) in [5.74, 6) is -0.815. The van der Waals surface area contributed by atoms with Gasteiger partial charge in [0.05, 0.1) is 5.56 Å². The van der Waals surface area contributed by atoms with Gasteiger partial charge in [-0.2, -0.15) is 0 Å². The number of primary amides is 1. The van der Waals surface area contributed by atoms with Crippen LogP contribution in [0.5, 0.6) is 0 Å². The fraction of sp³-hybridized carbons (Fsp3) is 0.579. The molecule has 144 valence electrons. The van der Waals surface area contributed by atoms with E-state index in [1.807, 2.05) is 4.90 Å². The number of aromatic nitrogens is 1. The van der Waals surface area contributed by atoms with Crippen LogP contribution >= 0.6 is 0 Å². The molecule has 27 heavy (non-hydrogen) atoms. The Balaban J connectivity index is 1.49. The molecule has 1 spiro atoms. The van der Waals surface area contributed by atoms with E-state index in [0.717, 1.165) is 25.7 Å². The third kappa shape index (κ3) is 3.24. The SMILES string of the molecule is NC(=O)c1cccnc1N1CCC2(CC1)C[C@H](C(=O)O)N(C(=O)C1CC1)C2. The molecule has 1 aromatic rings. The number of aliphatic carboxylic acids is 1.